The Morgan fingerprint density at radius 1 is 1.29 bits per heavy atom. The van der Waals surface area contributed by atoms with Gasteiger partial charge in [-0.25, -0.2) is 13.2 Å². The fourth-order valence-corrected chi connectivity index (χ4v) is 5.10. The molecule has 1 aliphatic rings. The highest BCUT2D eigenvalue weighted by molar-refractivity contribution is 7.91. The summed E-state index contributed by atoms with van der Waals surface area (Å²) in [6.45, 7) is 7.22. The summed E-state index contributed by atoms with van der Waals surface area (Å²) in [5, 5.41) is 1.97. The summed E-state index contributed by atoms with van der Waals surface area (Å²) in [5.74, 6) is -0.384. The van der Waals surface area contributed by atoms with Crippen LogP contribution in [0.5, 0.6) is 0 Å². The molecule has 0 heterocycles. The molecule has 0 aromatic heterocycles. The molecule has 2 rings (SSSR count). The molecular formula is C17H26N2O4S. The molecule has 1 amide bonds. The minimum absolute atomic E-state index is 0.0164. The number of hydrogen-bond donors (Lipinski definition) is 2. The van der Waals surface area contributed by atoms with Gasteiger partial charge in [0.15, 0.2) is 9.84 Å². The second-order valence-electron chi connectivity index (χ2n) is 7.51. The number of nitrogens with one attached hydrogen (secondary N) is 1. The number of nitrogens with two attached hydrogens (primary N) is 1. The van der Waals surface area contributed by atoms with Crippen molar-refractivity contribution in [3.63, 3.8) is 0 Å². The Kier molecular flexibility index (Phi) is 4.71. The van der Waals surface area contributed by atoms with Crippen molar-refractivity contribution in [1.82, 2.24) is 5.32 Å². The van der Waals surface area contributed by atoms with Crippen molar-refractivity contribution < 1.29 is 17.9 Å². The highest BCUT2D eigenvalue weighted by Crippen LogP contribution is 2.55. The van der Waals surface area contributed by atoms with Crippen LogP contribution >= 0.6 is 0 Å². The zero-order valence-corrected chi connectivity index (χ0v) is 15.6. The minimum atomic E-state index is -3.40. The quantitative estimate of drug-likeness (QED) is 0.858. The van der Waals surface area contributed by atoms with Crippen molar-refractivity contribution in [2.45, 2.75) is 50.0 Å². The number of rotatable bonds is 4. The van der Waals surface area contributed by atoms with Gasteiger partial charge in [0.25, 0.3) is 0 Å². The highest BCUT2D eigenvalue weighted by Gasteiger charge is 2.70. The molecule has 3 atom stereocenters. The second-order valence-corrected chi connectivity index (χ2v) is 9.68. The van der Waals surface area contributed by atoms with Crippen molar-refractivity contribution >= 4 is 15.9 Å². The lowest BCUT2D eigenvalue weighted by Gasteiger charge is -2.24. The average molecular weight is 354 g/mol. The smallest absolute Gasteiger partial charge is 0.408 e. The molecular weight excluding hydrogens is 328 g/mol. The number of ether oxygens (including phenoxy) is 1. The molecule has 7 heteroatoms. The number of carbonyl (C=O) groups is 1. The lowest BCUT2D eigenvalue weighted by Crippen LogP contribution is -2.48. The lowest BCUT2D eigenvalue weighted by atomic mass is 10.0. The van der Waals surface area contributed by atoms with Crippen molar-refractivity contribution in [3.8, 4) is 0 Å². The average Bonchev–Trinajstić information content (AvgIpc) is 3.06. The van der Waals surface area contributed by atoms with Gasteiger partial charge < -0.3 is 15.8 Å². The maximum absolute atomic E-state index is 12.2. The molecule has 0 bridgehead atoms. The third kappa shape index (κ3) is 3.72. The van der Waals surface area contributed by atoms with Crippen LogP contribution in [0.1, 0.15) is 37.8 Å². The van der Waals surface area contributed by atoms with Crippen LogP contribution in [-0.4, -0.2) is 43.7 Å². The maximum atomic E-state index is 12.2. The van der Waals surface area contributed by atoms with Crippen LogP contribution in [0.25, 0.3) is 0 Å². The van der Waals surface area contributed by atoms with Crippen molar-refractivity contribution in [3.05, 3.63) is 35.4 Å². The van der Waals surface area contributed by atoms with Crippen molar-refractivity contribution in [1.29, 1.82) is 0 Å². The van der Waals surface area contributed by atoms with Crippen LogP contribution in [0.2, 0.25) is 0 Å². The van der Waals surface area contributed by atoms with Crippen molar-refractivity contribution in [2.75, 3.05) is 12.8 Å². The third-order valence-electron chi connectivity index (χ3n) is 4.23. The monoisotopic (exact) mass is 354 g/mol. The topological polar surface area (TPSA) is 98.5 Å². The van der Waals surface area contributed by atoms with E-state index in [9.17, 15) is 13.2 Å². The van der Waals surface area contributed by atoms with Crippen LogP contribution in [0.15, 0.2) is 24.3 Å². The summed E-state index contributed by atoms with van der Waals surface area (Å²) in [6.07, 6.45) is 0.517. The highest BCUT2D eigenvalue weighted by atomic mass is 32.2. The molecule has 3 N–H and O–H groups in total. The molecule has 134 valence electrons. The van der Waals surface area contributed by atoms with E-state index in [1.54, 1.807) is 20.8 Å². The maximum Gasteiger partial charge on any atom is 0.408 e. The zero-order valence-electron chi connectivity index (χ0n) is 14.8. The molecule has 0 radical (unpaired) electrons. The van der Waals surface area contributed by atoms with Crippen LogP contribution < -0.4 is 11.1 Å². The van der Waals surface area contributed by atoms with E-state index in [1.165, 1.54) is 6.26 Å². The first-order valence-corrected chi connectivity index (χ1v) is 9.83. The molecule has 0 aliphatic heterocycles. The van der Waals surface area contributed by atoms with Gasteiger partial charge in [0.05, 0.1) is 10.8 Å². The number of amides is 1. The molecule has 6 nitrogen and oxygen atoms in total. The van der Waals surface area contributed by atoms with Gasteiger partial charge in [0.2, 0.25) is 0 Å². The first-order chi connectivity index (χ1) is 10.9. The first kappa shape index (κ1) is 18.7. The SMILES string of the molecule is Cc1ccc([C@H]2[C@@H](S(C)(=O)=O)[C@@]2(CN)NC(=O)OC(C)(C)C)cc1. The van der Waals surface area contributed by atoms with Crippen LogP contribution in [-0.2, 0) is 14.6 Å². The minimum Gasteiger partial charge on any atom is -0.444 e. The van der Waals surface area contributed by atoms with E-state index < -0.39 is 32.3 Å². The first-order valence-electron chi connectivity index (χ1n) is 7.87. The summed E-state index contributed by atoms with van der Waals surface area (Å²) >= 11 is 0. The van der Waals surface area contributed by atoms with Crippen LogP contribution in [0.3, 0.4) is 0 Å². The molecule has 1 aromatic rings. The number of sulfone groups is 1. The standard InChI is InChI=1S/C17H26N2O4S/c1-11-6-8-12(9-7-11)13-14(24(5,21)22)17(13,10-18)19-15(20)23-16(2,3)4/h6-9,13-14H,10,18H2,1-5H3,(H,19,20)/t13-,14+,17-/m0/s1. The molecule has 0 spiro atoms. The van der Waals surface area contributed by atoms with Crippen molar-refractivity contribution in [2.24, 2.45) is 5.73 Å². The van der Waals surface area contributed by atoms with Crippen LogP contribution in [0, 0.1) is 6.92 Å². The number of hydrogen-bond acceptors (Lipinski definition) is 5. The number of aryl methyl sites for hydroxylation is 1. The Morgan fingerprint density at radius 3 is 2.25 bits per heavy atom. The Morgan fingerprint density at radius 2 is 1.83 bits per heavy atom. The predicted molar refractivity (Wildman–Crippen MR) is 93.7 cm³/mol. The van der Waals surface area contributed by atoms with Crippen LogP contribution in [0.4, 0.5) is 4.79 Å². The Labute approximate surface area is 143 Å². The van der Waals surface area contributed by atoms with Gasteiger partial charge in [0.1, 0.15) is 5.60 Å². The van der Waals surface area contributed by atoms with E-state index in [-0.39, 0.29) is 12.5 Å². The molecule has 1 aliphatic carbocycles. The van der Waals surface area contributed by atoms with E-state index in [0.29, 0.717) is 0 Å². The molecule has 24 heavy (non-hydrogen) atoms. The fourth-order valence-electron chi connectivity index (χ4n) is 3.22. The largest absolute Gasteiger partial charge is 0.444 e. The van der Waals surface area contributed by atoms with Gasteiger partial charge in [-0.3, -0.25) is 0 Å². The van der Waals surface area contributed by atoms with Gasteiger partial charge in [-0.2, -0.15) is 0 Å². The van der Waals surface area contributed by atoms with E-state index in [1.807, 2.05) is 31.2 Å². The summed E-state index contributed by atoms with van der Waals surface area (Å²) < 4.78 is 29.8. The summed E-state index contributed by atoms with van der Waals surface area (Å²) in [6, 6.07) is 7.60. The van der Waals surface area contributed by atoms with Gasteiger partial charge in [-0.1, -0.05) is 29.8 Å². The Balaban J connectivity index is 2.34. The fraction of sp³-hybridized carbons (Fsp3) is 0.588. The summed E-state index contributed by atoms with van der Waals surface area (Å²) in [4.78, 5) is 12.2. The molecule has 0 unspecified atom stereocenters. The van der Waals surface area contributed by atoms with Gasteiger partial charge in [-0.15, -0.1) is 0 Å². The zero-order chi connectivity index (χ0) is 18.3. The Bertz CT molecular complexity index is 722. The lowest BCUT2D eigenvalue weighted by molar-refractivity contribution is 0.0497. The molecule has 0 saturated heterocycles. The van der Waals surface area contributed by atoms with Gasteiger partial charge >= 0.3 is 6.09 Å². The second kappa shape index (κ2) is 6.04. The molecule has 1 fully saturated rings. The van der Waals surface area contributed by atoms with E-state index in [4.69, 9.17) is 10.5 Å². The third-order valence-corrected chi connectivity index (χ3v) is 5.84. The predicted octanol–water partition coefficient (Wildman–Crippen LogP) is 1.73. The van der Waals surface area contributed by atoms with E-state index >= 15 is 0 Å². The molecule has 1 aromatic carbocycles. The van der Waals surface area contributed by atoms with E-state index in [0.717, 1.165) is 11.1 Å². The molecule has 1 saturated carbocycles. The van der Waals surface area contributed by atoms with Gasteiger partial charge in [0, 0.05) is 18.7 Å². The Hall–Kier alpha value is -1.60. The summed E-state index contributed by atoms with van der Waals surface area (Å²) in [5.41, 5.74) is 6.10. The van der Waals surface area contributed by atoms with Gasteiger partial charge in [-0.05, 0) is 33.3 Å². The van der Waals surface area contributed by atoms with E-state index in [2.05, 4.69) is 5.32 Å². The number of benzene rings is 1. The summed E-state index contributed by atoms with van der Waals surface area (Å²) in [7, 11) is -3.40. The number of alkyl carbamates (subject to hydrolysis) is 1. The number of carbonyl (C=O) groups excluding carboxylic acids is 1. The normalized spacial score (nSPS) is 26.8.